The third-order valence-electron chi connectivity index (χ3n) is 5.91. The Morgan fingerprint density at radius 2 is 2.04 bits per heavy atom. The number of aromatic nitrogens is 2. The molecule has 6 nitrogen and oxygen atoms in total. The van der Waals surface area contributed by atoms with E-state index >= 15 is 0 Å². The van der Waals surface area contributed by atoms with Crippen molar-refractivity contribution in [2.75, 3.05) is 43.9 Å². The Morgan fingerprint density at radius 3 is 2.91 bits per heavy atom. The lowest BCUT2D eigenvalue weighted by molar-refractivity contribution is -0.0466. The normalized spacial score (nSPS) is 31.6. The van der Waals surface area contributed by atoms with E-state index in [-0.39, 0.29) is 11.5 Å². The molecular weight excluding hydrogens is 290 g/mol. The Labute approximate surface area is 137 Å². The second-order valence-electron chi connectivity index (χ2n) is 7.61. The van der Waals surface area contributed by atoms with Crippen molar-refractivity contribution in [1.29, 1.82) is 0 Å². The lowest BCUT2D eigenvalue weighted by Gasteiger charge is -2.50. The van der Waals surface area contributed by atoms with E-state index in [9.17, 15) is 5.11 Å². The van der Waals surface area contributed by atoms with Crippen LogP contribution >= 0.6 is 0 Å². The fourth-order valence-corrected chi connectivity index (χ4v) is 4.81. The lowest BCUT2D eigenvalue weighted by Crippen LogP contribution is -2.58. The van der Waals surface area contributed by atoms with Gasteiger partial charge in [0.2, 0.25) is 5.95 Å². The lowest BCUT2D eigenvalue weighted by atomic mass is 9.71. The second-order valence-corrected chi connectivity index (χ2v) is 7.61. The van der Waals surface area contributed by atoms with Gasteiger partial charge in [0.15, 0.2) is 0 Å². The molecule has 3 N–H and O–H groups in total. The van der Waals surface area contributed by atoms with Crippen molar-refractivity contribution in [2.24, 2.45) is 5.41 Å². The molecule has 0 radical (unpaired) electrons. The molecule has 0 amide bonds. The molecule has 2 atom stereocenters. The third kappa shape index (κ3) is 2.58. The van der Waals surface area contributed by atoms with Gasteiger partial charge in [0.1, 0.15) is 5.82 Å². The molecule has 126 valence electrons. The zero-order valence-electron chi connectivity index (χ0n) is 14.0. The maximum Gasteiger partial charge on any atom is 0.222 e. The molecule has 3 heterocycles. The molecular formula is C17H27N5O. The predicted molar refractivity (Wildman–Crippen MR) is 90.5 cm³/mol. The summed E-state index contributed by atoms with van der Waals surface area (Å²) in [5.74, 6) is 1.42. The molecule has 1 aromatic heterocycles. The van der Waals surface area contributed by atoms with Gasteiger partial charge in [-0.25, -0.2) is 4.98 Å². The fourth-order valence-electron chi connectivity index (χ4n) is 4.81. The van der Waals surface area contributed by atoms with Gasteiger partial charge in [0.05, 0.1) is 11.8 Å². The Kier molecular flexibility index (Phi) is 3.69. The van der Waals surface area contributed by atoms with E-state index in [1.165, 1.54) is 5.56 Å². The van der Waals surface area contributed by atoms with Crippen molar-refractivity contribution < 1.29 is 5.11 Å². The van der Waals surface area contributed by atoms with Gasteiger partial charge in [-0.05, 0) is 45.6 Å². The quantitative estimate of drug-likeness (QED) is 0.799. The molecule has 2 saturated heterocycles. The summed E-state index contributed by atoms with van der Waals surface area (Å²) in [6.07, 6.45) is 6.06. The second kappa shape index (κ2) is 5.60. The first-order chi connectivity index (χ1) is 11.1. The van der Waals surface area contributed by atoms with Crippen LogP contribution in [0, 0.1) is 5.41 Å². The SMILES string of the molecule is CN1CC[C@H](O)[C@@]2(CCCN(c3nc(N)nc4c3CCC4)C2)C1. The van der Waals surface area contributed by atoms with Gasteiger partial charge in [0.25, 0.3) is 0 Å². The Hall–Kier alpha value is -1.40. The van der Waals surface area contributed by atoms with Gasteiger partial charge in [0, 0.05) is 37.2 Å². The Morgan fingerprint density at radius 1 is 1.17 bits per heavy atom. The summed E-state index contributed by atoms with van der Waals surface area (Å²) in [5, 5.41) is 10.7. The minimum absolute atomic E-state index is 0.0313. The predicted octanol–water partition coefficient (Wildman–Crippen LogP) is 0.830. The minimum Gasteiger partial charge on any atom is -0.392 e. The molecule has 2 fully saturated rings. The van der Waals surface area contributed by atoms with E-state index in [2.05, 4.69) is 26.8 Å². The highest BCUT2D eigenvalue weighted by molar-refractivity contribution is 5.54. The molecule has 0 aromatic carbocycles. The molecule has 4 rings (SSSR count). The molecule has 2 aliphatic heterocycles. The number of nitrogens with two attached hydrogens (primary N) is 1. The largest absolute Gasteiger partial charge is 0.392 e. The first-order valence-electron chi connectivity index (χ1n) is 8.84. The zero-order chi connectivity index (χ0) is 16.0. The van der Waals surface area contributed by atoms with E-state index in [4.69, 9.17) is 5.73 Å². The summed E-state index contributed by atoms with van der Waals surface area (Å²) in [4.78, 5) is 13.7. The van der Waals surface area contributed by atoms with Crippen LogP contribution in [0.1, 0.15) is 36.9 Å². The molecule has 0 saturated carbocycles. The van der Waals surface area contributed by atoms with Crippen molar-refractivity contribution in [3.63, 3.8) is 0 Å². The summed E-state index contributed by atoms with van der Waals surface area (Å²) in [5.41, 5.74) is 8.34. The number of nitrogens with zero attached hydrogens (tertiary/aromatic N) is 4. The summed E-state index contributed by atoms with van der Waals surface area (Å²) in [6.45, 7) is 3.83. The number of aryl methyl sites for hydroxylation is 1. The van der Waals surface area contributed by atoms with Crippen LogP contribution < -0.4 is 10.6 Å². The topological polar surface area (TPSA) is 78.5 Å². The average Bonchev–Trinajstić information content (AvgIpc) is 2.99. The molecule has 1 spiro atoms. The van der Waals surface area contributed by atoms with Gasteiger partial charge in [-0.3, -0.25) is 0 Å². The molecule has 6 heteroatoms. The number of rotatable bonds is 1. The standard InChI is InChI=1S/C17H27N5O/c1-21-9-6-14(23)17(10-21)7-3-8-22(11-17)15-12-4-2-5-13(12)19-16(18)20-15/h14,23H,2-11H2,1H3,(H2,18,19,20)/t14-,17-/m0/s1. The number of nitrogen functional groups attached to an aromatic ring is 1. The highest BCUT2D eigenvalue weighted by atomic mass is 16.3. The van der Waals surface area contributed by atoms with Crippen LogP contribution in [0.15, 0.2) is 0 Å². The molecule has 1 aromatic rings. The van der Waals surface area contributed by atoms with E-state index in [1.807, 2.05) is 0 Å². The average molecular weight is 317 g/mol. The van der Waals surface area contributed by atoms with Gasteiger partial charge in [-0.15, -0.1) is 0 Å². The zero-order valence-corrected chi connectivity index (χ0v) is 14.0. The van der Waals surface area contributed by atoms with Gasteiger partial charge in [-0.2, -0.15) is 4.98 Å². The van der Waals surface area contributed by atoms with Crippen LogP contribution in [0.25, 0.3) is 0 Å². The van der Waals surface area contributed by atoms with Crippen LogP contribution in [0.4, 0.5) is 11.8 Å². The number of fused-ring (bicyclic) bond motifs is 1. The number of aliphatic hydroxyl groups excluding tert-OH is 1. The number of anilines is 2. The van der Waals surface area contributed by atoms with Crippen LogP contribution in [0.5, 0.6) is 0 Å². The maximum atomic E-state index is 10.7. The molecule has 0 bridgehead atoms. The molecule has 0 unspecified atom stereocenters. The highest BCUT2D eigenvalue weighted by Gasteiger charge is 2.45. The van der Waals surface area contributed by atoms with Gasteiger partial charge < -0.3 is 20.6 Å². The van der Waals surface area contributed by atoms with Crippen LogP contribution in [0.2, 0.25) is 0 Å². The molecule has 23 heavy (non-hydrogen) atoms. The minimum atomic E-state index is -0.214. The Bertz CT molecular complexity index is 607. The van der Waals surface area contributed by atoms with Gasteiger partial charge >= 0.3 is 0 Å². The third-order valence-corrected chi connectivity index (χ3v) is 5.91. The van der Waals surface area contributed by atoms with Crippen molar-refractivity contribution in [1.82, 2.24) is 14.9 Å². The summed E-state index contributed by atoms with van der Waals surface area (Å²) < 4.78 is 0. The Balaban J connectivity index is 1.66. The number of hydrogen-bond acceptors (Lipinski definition) is 6. The van der Waals surface area contributed by atoms with E-state index in [0.717, 1.165) is 76.2 Å². The van der Waals surface area contributed by atoms with Crippen molar-refractivity contribution in [3.8, 4) is 0 Å². The maximum absolute atomic E-state index is 10.7. The highest BCUT2D eigenvalue weighted by Crippen LogP contribution is 2.41. The van der Waals surface area contributed by atoms with Crippen molar-refractivity contribution >= 4 is 11.8 Å². The van der Waals surface area contributed by atoms with Crippen molar-refractivity contribution in [3.05, 3.63) is 11.3 Å². The smallest absolute Gasteiger partial charge is 0.222 e. The first kappa shape index (κ1) is 15.1. The van der Waals surface area contributed by atoms with Crippen LogP contribution in [-0.2, 0) is 12.8 Å². The summed E-state index contributed by atoms with van der Waals surface area (Å²) in [7, 11) is 2.16. The number of piperidine rings is 2. The van der Waals surface area contributed by atoms with Gasteiger partial charge in [-0.1, -0.05) is 0 Å². The molecule has 1 aliphatic carbocycles. The van der Waals surface area contributed by atoms with E-state index in [1.54, 1.807) is 0 Å². The van der Waals surface area contributed by atoms with E-state index in [0.29, 0.717) is 5.95 Å². The van der Waals surface area contributed by atoms with Crippen molar-refractivity contribution in [2.45, 2.75) is 44.6 Å². The van der Waals surface area contributed by atoms with Crippen LogP contribution in [0.3, 0.4) is 0 Å². The number of aliphatic hydroxyl groups is 1. The number of likely N-dealkylation sites (tertiary alicyclic amines) is 1. The van der Waals surface area contributed by atoms with Crippen LogP contribution in [-0.4, -0.2) is 59.3 Å². The van der Waals surface area contributed by atoms with E-state index < -0.39 is 0 Å². The first-order valence-corrected chi connectivity index (χ1v) is 8.84. The summed E-state index contributed by atoms with van der Waals surface area (Å²) in [6, 6.07) is 0. The molecule has 3 aliphatic rings. The monoisotopic (exact) mass is 317 g/mol. The fraction of sp³-hybridized carbons (Fsp3) is 0.765. The summed E-state index contributed by atoms with van der Waals surface area (Å²) >= 11 is 0. The number of hydrogen-bond donors (Lipinski definition) is 2.